The number of carbonyl (C=O) groups excluding carboxylic acids is 1. The molecule has 0 radical (unpaired) electrons. The van der Waals surface area contributed by atoms with E-state index in [9.17, 15) is 4.79 Å². The highest BCUT2D eigenvalue weighted by Crippen LogP contribution is 2.33. The molecule has 2 aromatic carbocycles. The molecule has 0 aliphatic carbocycles. The molecule has 3 rings (SSSR count). The van der Waals surface area contributed by atoms with E-state index in [1.54, 1.807) is 0 Å². The van der Waals surface area contributed by atoms with Crippen LogP contribution in [-0.4, -0.2) is 5.78 Å². The summed E-state index contributed by atoms with van der Waals surface area (Å²) in [6, 6.07) is 21.8. The van der Waals surface area contributed by atoms with Crippen LogP contribution >= 0.6 is 27.3 Å². The standard InChI is InChI=1S/C18H13BrOS/c19-15-11-12-21-18(15)17(20)16(13-7-3-1-4-8-13)14-9-5-2-6-10-14/h1-12,16H. The fourth-order valence-electron chi connectivity index (χ4n) is 2.39. The molecule has 0 unspecified atom stereocenters. The van der Waals surface area contributed by atoms with Crippen LogP contribution in [0.15, 0.2) is 76.6 Å². The zero-order valence-electron chi connectivity index (χ0n) is 11.2. The van der Waals surface area contributed by atoms with Gasteiger partial charge in [0, 0.05) is 4.47 Å². The Balaban J connectivity index is 2.09. The molecule has 21 heavy (non-hydrogen) atoms. The average molecular weight is 357 g/mol. The number of ketones is 1. The van der Waals surface area contributed by atoms with Crippen LogP contribution in [0.25, 0.3) is 0 Å². The van der Waals surface area contributed by atoms with Crippen molar-refractivity contribution in [1.29, 1.82) is 0 Å². The topological polar surface area (TPSA) is 17.1 Å². The summed E-state index contributed by atoms with van der Waals surface area (Å²) in [6.45, 7) is 0. The Morgan fingerprint density at radius 3 is 1.81 bits per heavy atom. The van der Waals surface area contributed by atoms with Crippen molar-refractivity contribution in [2.75, 3.05) is 0 Å². The minimum Gasteiger partial charge on any atom is -0.292 e. The molecule has 0 aliphatic rings. The van der Waals surface area contributed by atoms with Crippen molar-refractivity contribution >= 4 is 33.0 Å². The molecule has 3 aromatic rings. The minimum absolute atomic E-state index is 0.134. The second-order valence-corrected chi connectivity index (χ2v) is 6.49. The number of benzene rings is 2. The van der Waals surface area contributed by atoms with E-state index in [0.29, 0.717) is 0 Å². The van der Waals surface area contributed by atoms with E-state index in [-0.39, 0.29) is 11.7 Å². The predicted molar refractivity (Wildman–Crippen MR) is 91.1 cm³/mol. The number of rotatable bonds is 4. The quantitative estimate of drug-likeness (QED) is 0.562. The molecule has 0 saturated heterocycles. The van der Waals surface area contributed by atoms with Gasteiger partial charge in [0.15, 0.2) is 5.78 Å². The maximum atomic E-state index is 13.0. The molecular formula is C18H13BrOS. The van der Waals surface area contributed by atoms with Gasteiger partial charge in [0.2, 0.25) is 0 Å². The summed E-state index contributed by atoms with van der Waals surface area (Å²) in [6.07, 6.45) is 0. The fourth-order valence-corrected chi connectivity index (χ4v) is 3.92. The zero-order chi connectivity index (χ0) is 14.7. The summed E-state index contributed by atoms with van der Waals surface area (Å²) in [5.41, 5.74) is 2.04. The molecule has 1 heterocycles. The smallest absolute Gasteiger partial charge is 0.185 e. The van der Waals surface area contributed by atoms with Crippen LogP contribution in [0, 0.1) is 0 Å². The molecule has 0 spiro atoms. The van der Waals surface area contributed by atoms with Crippen molar-refractivity contribution in [3.05, 3.63) is 92.6 Å². The van der Waals surface area contributed by atoms with E-state index < -0.39 is 0 Å². The molecule has 0 aliphatic heterocycles. The number of hydrogen-bond acceptors (Lipinski definition) is 2. The third kappa shape index (κ3) is 2.99. The van der Waals surface area contributed by atoms with Crippen molar-refractivity contribution in [2.45, 2.75) is 5.92 Å². The molecule has 1 aromatic heterocycles. The van der Waals surface area contributed by atoms with E-state index in [4.69, 9.17) is 0 Å². The molecule has 104 valence electrons. The Kier molecular flexibility index (Phi) is 4.32. The second-order valence-electron chi connectivity index (χ2n) is 4.72. The Hall–Kier alpha value is -1.71. The summed E-state index contributed by atoms with van der Waals surface area (Å²) in [7, 11) is 0. The van der Waals surface area contributed by atoms with Gasteiger partial charge in [-0.1, -0.05) is 60.7 Å². The highest BCUT2D eigenvalue weighted by atomic mass is 79.9. The maximum absolute atomic E-state index is 13.0. The molecule has 0 atom stereocenters. The van der Waals surface area contributed by atoms with Gasteiger partial charge in [0.25, 0.3) is 0 Å². The predicted octanol–water partition coefficient (Wildman–Crippen LogP) is 5.53. The number of Topliss-reactive ketones (excluding diaryl/α,β-unsaturated/α-hetero) is 1. The van der Waals surface area contributed by atoms with E-state index in [1.165, 1.54) is 11.3 Å². The zero-order valence-corrected chi connectivity index (χ0v) is 13.6. The van der Waals surface area contributed by atoms with Crippen molar-refractivity contribution < 1.29 is 4.79 Å². The van der Waals surface area contributed by atoms with Crippen LogP contribution in [0.4, 0.5) is 0 Å². The van der Waals surface area contributed by atoms with Gasteiger partial charge < -0.3 is 0 Å². The summed E-state index contributed by atoms with van der Waals surface area (Å²) < 4.78 is 0.870. The maximum Gasteiger partial charge on any atom is 0.185 e. The first-order valence-corrected chi connectivity index (χ1v) is 8.31. The lowest BCUT2D eigenvalue weighted by Crippen LogP contribution is -2.13. The minimum atomic E-state index is -0.262. The first-order chi connectivity index (χ1) is 10.3. The van der Waals surface area contributed by atoms with Gasteiger partial charge in [-0.15, -0.1) is 11.3 Å². The fraction of sp³-hybridized carbons (Fsp3) is 0.0556. The van der Waals surface area contributed by atoms with E-state index in [1.807, 2.05) is 72.1 Å². The van der Waals surface area contributed by atoms with Gasteiger partial charge in [-0.3, -0.25) is 4.79 Å². The summed E-state index contributed by atoms with van der Waals surface area (Å²) in [4.78, 5) is 13.8. The molecule has 0 N–H and O–H groups in total. The highest BCUT2D eigenvalue weighted by Gasteiger charge is 2.26. The third-order valence-electron chi connectivity index (χ3n) is 3.37. The van der Waals surface area contributed by atoms with Crippen LogP contribution in [0.2, 0.25) is 0 Å². The monoisotopic (exact) mass is 356 g/mol. The van der Waals surface area contributed by atoms with E-state index in [0.717, 1.165) is 20.5 Å². The van der Waals surface area contributed by atoms with E-state index >= 15 is 0 Å². The molecule has 0 bridgehead atoms. The SMILES string of the molecule is O=C(c1sccc1Br)C(c1ccccc1)c1ccccc1. The number of thiophene rings is 1. The van der Waals surface area contributed by atoms with Crippen molar-refractivity contribution in [3.63, 3.8) is 0 Å². The first kappa shape index (κ1) is 14.2. The highest BCUT2D eigenvalue weighted by molar-refractivity contribution is 9.10. The normalized spacial score (nSPS) is 10.8. The Morgan fingerprint density at radius 1 is 0.857 bits per heavy atom. The molecular weight excluding hydrogens is 344 g/mol. The molecule has 1 nitrogen and oxygen atoms in total. The van der Waals surface area contributed by atoms with Gasteiger partial charge in [-0.2, -0.15) is 0 Å². The van der Waals surface area contributed by atoms with Crippen LogP contribution in [0.5, 0.6) is 0 Å². The van der Waals surface area contributed by atoms with E-state index in [2.05, 4.69) is 15.9 Å². The lowest BCUT2D eigenvalue weighted by atomic mass is 9.87. The lowest BCUT2D eigenvalue weighted by molar-refractivity contribution is 0.0977. The second kappa shape index (κ2) is 6.37. The van der Waals surface area contributed by atoms with Gasteiger partial charge in [-0.25, -0.2) is 0 Å². The molecule has 3 heteroatoms. The molecule has 0 saturated carbocycles. The number of hydrogen-bond donors (Lipinski definition) is 0. The summed E-state index contributed by atoms with van der Waals surface area (Å²) in [5, 5.41) is 1.93. The Bertz CT molecular complexity index is 695. The van der Waals surface area contributed by atoms with Gasteiger partial charge in [0.05, 0.1) is 10.8 Å². The average Bonchev–Trinajstić information content (AvgIpc) is 2.96. The summed E-state index contributed by atoms with van der Waals surface area (Å²) >= 11 is 4.95. The van der Waals surface area contributed by atoms with Crippen molar-refractivity contribution in [3.8, 4) is 0 Å². The van der Waals surface area contributed by atoms with Crippen molar-refractivity contribution in [2.24, 2.45) is 0 Å². The number of halogens is 1. The molecule has 0 fully saturated rings. The Morgan fingerprint density at radius 2 is 1.38 bits per heavy atom. The van der Waals surface area contributed by atoms with Crippen LogP contribution in [-0.2, 0) is 0 Å². The summed E-state index contributed by atoms with van der Waals surface area (Å²) in [5.74, 6) is -0.128. The van der Waals surface area contributed by atoms with Crippen LogP contribution < -0.4 is 0 Å². The molecule has 0 amide bonds. The van der Waals surface area contributed by atoms with Gasteiger partial charge >= 0.3 is 0 Å². The Labute approximate surface area is 136 Å². The largest absolute Gasteiger partial charge is 0.292 e. The van der Waals surface area contributed by atoms with Gasteiger partial charge in [0.1, 0.15) is 0 Å². The van der Waals surface area contributed by atoms with Crippen LogP contribution in [0.1, 0.15) is 26.7 Å². The third-order valence-corrected chi connectivity index (χ3v) is 5.22. The lowest BCUT2D eigenvalue weighted by Gasteiger charge is -2.16. The van der Waals surface area contributed by atoms with Crippen LogP contribution in [0.3, 0.4) is 0 Å². The number of carbonyl (C=O) groups is 1. The van der Waals surface area contributed by atoms with Crippen molar-refractivity contribution in [1.82, 2.24) is 0 Å². The van der Waals surface area contributed by atoms with Gasteiger partial charge in [-0.05, 0) is 38.5 Å². The first-order valence-electron chi connectivity index (χ1n) is 6.64.